The SMILES string of the molecule is CCOc1ccc(S(=O)(=O)N[C@@H](Cc2ccccc2)C(=O)NCCCN2CCOCC2)cc1Cl. The Morgan fingerprint density at radius 1 is 1.18 bits per heavy atom. The summed E-state index contributed by atoms with van der Waals surface area (Å²) in [6.45, 7) is 6.75. The molecule has 2 aromatic rings. The summed E-state index contributed by atoms with van der Waals surface area (Å²) in [4.78, 5) is 15.3. The quantitative estimate of drug-likeness (QED) is 0.427. The molecule has 1 aliphatic rings. The first kappa shape index (κ1) is 26.4. The Morgan fingerprint density at radius 2 is 1.91 bits per heavy atom. The summed E-state index contributed by atoms with van der Waals surface area (Å²) in [5.41, 5.74) is 0.850. The largest absolute Gasteiger partial charge is 0.492 e. The van der Waals surface area contributed by atoms with Gasteiger partial charge in [0, 0.05) is 19.6 Å². The molecule has 2 aromatic carbocycles. The highest BCUT2D eigenvalue weighted by Gasteiger charge is 2.26. The van der Waals surface area contributed by atoms with Gasteiger partial charge in [-0.25, -0.2) is 8.42 Å². The van der Waals surface area contributed by atoms with Crippen molar-refractivity contribution in [2.45, 2.75) is 30.7 Å². The summed E-state index contributed by atoms with van der Waals surface area (Å²) in [5, 5.41) is 3.08. The maximum Gasteiger partial charge on any atom is 0.241 e. The maximum absolute atomic E-state index is 13.1. The van der Waals surface area contributed by atoms with Crippen LogP contribution in [-0.2, 0) is 26.0 Å². The van der Waals surface area contributed by atoms with E-state index in [4.69, 9.17) is 21.1 Å². The van der Waals surface area contributed by atoms with Gasteiger partial charge in [0.05, 0.1) is 29.7 Å². The van der Waals surface area contributed by atoms with E-state index in [0.29, 0.717) is 18.9 Å². The summed E-state index contributed by atoms with van der Waals surface area (Å²) >= 11 is 6.18. The molecule has 10 heteroatoms. The monoisotopic (exact) mass is 509 g/mol. The average molecular weight is 510 g/mol. The highest BCUT2D eigenvalue weighted by Crippen LogP contribution is 2.27. The number of benzene rings is 2. The fourth-order valence-electron chi connectivity index (χ4n) is 3.68. The number of rotatable bonds is 12. The van der Waals surface area contributed by atoms with Crippen LogP contribution in [0.1, 0.15) is 18.9 Å². The molecule has 0 aromatic heterocycles. The highest BCUT2D eigenvalue weighted by atomic mass is 35.5. The molecule has 1 fully saturated rings. The minimum Gasteiger partial charge on any atom is -0.492 e. The third-order valence-corrected chi connectivity index (χ3v) is 7.23. The normalized spacial score (nSPS) is 15.6. The third kappa shape index (κ3) is 7.95. The molecule has 1 amide bonds. The molecule has 0 radical (unpaired) electrons. The van der Waals surface area contributed by atoms with E-state index in [1.807, 2.05) is 37.3 Å². The van der Waals surface area contributed by atoms with Crippen LogP contribution in [0.4, 0.5) is 0 Å². The molecule has 0 unspecified atom stereocenters. The van der Waals surface area contributed by atoms with Crippen molar-refractivity contribution in [2.24, 2.45) is 0 Å². The third-order valence-electron chi connectivity index (χ3n) is 5.46. The molecular weight excluding hydrogens is 478 g/mol. The van der Waals surface area contributed by atoms with Crippen molar-refractivity contribution >= 4 is 27.5 Å². The zero-order valence-electron chi connectivity index (χ0n) is 19.3. The van der Waals surface area contributed by atoms with Gasteiger partial charge in [-0.2, -0.15) is 4.72 Å². The average Bonchev–Trinajstić information content (AvgIpc) is 2.84. The van der Waals surface area contributed by atoms with Crippen LogP contribution in [0.15, 0.2) is 53.4 Å². The number of carbonyl (C=O) groups is 1. The summed E-state index contributed by atoms with van der Waals surface area (Å²) in [5.74, 6) is 0.0356. The Balaban J connectivity index is 1.66. The predicted molar refractivity (Wildman–Crippen MR) is 132 cm³/mol. The zero-order valence-corrected chi connectivity index (χ0v) is 20.9. The number of hydrogen-bond donors (Lipinski definition) is 2. The van der Waals surface area contributed by atoms with E-state index in [-0.39, 0.29) is 22.2 Å². The first-order valence-electron chi connectivity index (χ1n) is 11.5. The summed E-state index contributed by atoms with van der Waals surface area (Å²) in [6, 6.07) is 12.6. The Kier molecular flexibility index (Phi) is 10.2. The molecule has 3 rings (SSSR count). The summed E-state index contributed by atoms with van der Waals surface area (Å²) in [7, 11) is -4.00. The van der Waals surface area contributed by atoms with Gasteiger partial charge in [-0.05, 0) is 50.1 Å². The van der Waals surface area contributed by atoms with Gasteiger partial charge in [-0.3, -0.25) is 9.69 Å². The van der Waals surface area contributed by atoms with Crippen LogP contribution in [0.25, 0.3) is 0 Å². The smallest absolute Gasteiger partial charge is 0.241 e. The van der Waals surface area contributed by atoms with E-state index in [1.54, 1.807) is 0 Å². The zero-order chi connectivity index (χ0) is 24.4. The van der Waals surface area contributed by atoms with E-state index in [1.165, 1.54) is 18.2 Å². The number of sulfonamides is 1. The van der Waals surface area contributed by atoms with Crippen molar-refractivity contribution < 1.29 is 22.7 Å². The second-order valence-corrected chi connectivity index (χ2v) is 10.1. The van der Waals surface area contributed by atoms with Gasteiger partial charge in [0.25, 0.3) is 0 Å². The number of amides is 1. The second-order valence-electron chi connectivity index (χ2n) is 7.99. The lowest BCUT2D eigenvalue weighted by atomic mass is 10.1. The van der Waals surface area contributed by atoms with E-state index >= 15 is 0 Å². The van der Waals surface area contributed by atoms with Crippen LogP contribution in [0, 0.1) is 0 Å². The van der Waals surface area contributed by atoms with Crippen molar-refractivity contribution in [1.29, 1.82) is 0 Å². The molecular formula is C24H32ClN3O5S. The molecule has 8 nitrogen and oxygen atoms in total. The summed E-state index contributed by atoms with van der Waals surface area (Å²) in [6.07, 6.45) is 0.991. The van der Waals surface area contributed by atoms with E-state index in [0.717, 1.165) is 44.8 Å². The first-order chi connectivity index (χ1) is 16.4. The van der Waals surface area contributed by atoms with Crippen LogP contribution in [0.5, 0.6) is 5.75 Å². The van der Waals surface area contributed by atoms with Crippen LogP contribution in [-0.4, -0.2) is 71.3 Å². The Hall–Kier alpha value is -2.17. The number of ether oxygens (including phenoxy) is 2. The fourth-order valence-corrected chi connectivity index (χ4v) is 5.20. The van der Waals surface area contributed by atoms with Gasteiger partial charge in [0.1, 0.15) is 11.8 Å². The van der Waals surface area contributed by atoms with Crippen molar-refractivity contribution in [2.75, 3.05) is 46.0 Å². The first-order valence-corrected chi connectivity index (χ1v) is 13.3. The minimum atomic E-state index is -4.00. The van der Waals surface area contributed by atoms with Gasteiger partial charge in [0.15, 0.2) is 0 Å². The van der Waals surface area contributed by atoms with Gasteiger partial charge in [0.2, 0.25) is 15.9 Å². The maximum atomic E-state index is 13.1. The van der Waals surface area contributed by atoms with Gasteiger partial charge >= 0.3 is 0 Å². The van der Waals surface area contributed by atoms with Crippen molar-refractivity contribution in [3.8, 4) is 5.75 Å². The highest BCUT2D eigenvalue weighted by molar-refractivity contribution is 7.89. The van der Waals surface area contributed by atoms with Gasteiger partial charge in [-0.15, -0.1) is 0 Å². The Labute approximate surface area is 206 Å². The van der Waals surface area contributed by atoms with Crippen LogP contribution < -0.4 is 14.8 Å². The molecule has 2 N–H and O–H groups in total. The molecule has 0 aliphatic carbocycles. The lowest BCUT2D eigenvalue weighted by Gasteiger charge is -2.26. The fraction of sp³-hybridized carbons (Fsp3) is 0.458. The molecule has 0 bridgehead atoms. The molecule has 1 aliphatic heterocycles. The van der Waals surface area contributed by atoms with E-state index in [2.05, 4.69) is 14.9 Å². The van der Waals surface area contributed by atoms with Crippen molar-refractivity contribution in [3.05, 3.63) is 59.1 Å². The molecule has 0 saturated carbocycles. The molecule has 186 valence electrons. The molecule has 1 atom stereocenters. The van der Waals surface area contributed by atoms with Crippen LogP contribution in [0.2, 0.25) is 5.02 Å². The Morgan fingerprint density at radius 3 is 2.59 bits per heavy atom. The number of halogens is 1. The van der Waals surface area contributed by atoms with Gasteiger partial charge in [-0.1, -0.05) is 41.9 Å². The summed E-state index contributed by atoms with van der Waals surface area (Å²) < 4.78 is 39.5. The van der Waals surface area contributed by atoms with Crippen LogP contribution in [0.3, 0.4) is 0 Å². The standard InChI is InChI=1S/C24H32ClN3O5S/c1-2-33-23-10-9-20(18-21(23)25)34(30,31)27-22(17-19-7-4-3-5-8-19)24(29)26-11-6-12-28-13-15-32-16-14-28/h3-5,7-10,18,22,27H,2,6,11-17H2,1H3,(H,26,29)/t22-/m0/s1. The number of carbonyl (C=O) groups excluding carboxylic acids is 1. The lowest BCUT2D eigenvalue weighted by Crippen LogP contribution is -2.48. The number of hydrogen-bond acceptors (Lipinski definition) is 6. The van der Waals surface area contributed by atoms with E-state index < -0.39 is 16.1 Å². The van der Waals surface area contributed by atoms with Gasteiger partial charge < -0.3 is 14.8 Å². The minimum absolute atomic E-state index is 0.0286. The second kappa shape index (κ2) is 13.1. The number of nitrogens with zero attached hydrogens (tertiary/aromatic N) is 1. The molecule has 34 heavy (non-hydrogen) atoms. The van der Waals surface area contributed by atoms with Crippen LogP contribution >= 0.6 is 11.6 Å². The molecule has 0 spiro atoms. The Bertz CT molecular complexity index is 1030. The lowest BCUT2D eigenvalue weighted by molar-refractivity contribution is -0.122. The topological polar surface area (TPSA) is 97.0 Å². The van der Waals surface area contributed by atoms with Crippen molar-refractivity contribution in [1.82, 2.24) is 14.9 Å². The van der Waals surface area contributed by atoms with E-state index in [9.17, 15) is 13.2 Å². The number of morpholine rings is 1. The molecule has 1 saturated heterocycles. The molecule has 1 heterocycles. The predicted octanol–water partition coefficient (Wildman–Crippen LogP) is 2.47. The number of nitrogens with one attached hydrogen (secondary N) is 2. The van der Waals surface area contributed by atoms with Crippen molar-refractivity contribution in [3.63, 3.8) is 0 Å².